The Morgan fingerprint density at radius 3 is 2.60 bits per heavy atom. The van der Waals surface area contributed by atoms with Crippen LogP contribution in [0.4, 0.5) is 4.79 Å². The fourth-order valence-electron chi connectivity index (χ4n) is 4.24. The van der Waals surface area contributed by atoms with Crippen molar-refractivity contribution in [1.29, 1.82) is 0 Å². The molecule has 25 heavy (non-hydrogen) atoms. The average Bonchev–Trinajstić information content (AvgIpc) is 2.97. The summed E-state index contributed by atoms with van der Waals surface area (Å²) in [7, 11) is 0. The number of nitrogens with zero attached hydrogens (tertiary/aromatic N) is 1. The zero-order valence-corrected chi connectivity index (χ0v) is 16.5. The molecule has 1 aliphatic carbocycles. The van der Waals surface area contributed by atoms with E-state index in [-0.39, 0.29) is 36.0 Å². The number of hydrogen-bond donors (Lipinski definition) is 1. The van der Waals surface area contributed by atoms with Crippen LogP contribution < -0.4 is 5.73 Å². The molecule has 140 valence electrons. The fourth-order valence-corrected chi connectivity index (χ4v) is 4.43. The molecule has 1 unspecified atom stereocenters. The summed E-state index contributed by atoms with van der Waals surface area (Å²) < 4.78 is 5.32. The van der Waals surface area contributed by atoms with E-state index < -0.39 is 0 Å². The van der Waals surface area contributed by atoms with Crippen LogP contribution >= 0.6 is 24.0 Å². The molecule has 1 heterocycles. The summed E-state index contributed by atoms with van der Waals surface area (Å²) >= 11 is 6.18. The maximum absolute atomic E-state index is 12.2. The highest BCUT2D eigenvalue weighted by Crippen LogP contribution is 2.42. The van der Waals surface area contributed by atoms with Gasteiger partial charge in [-0.1, -0.05) is 37.6 Å². The van der Waals surface area contributed by atoms with Crippen LogP contribution in [-0.4, -0.2) is 36.2 Å². The predicted molar refractivity (Wildman–Crippen MR) is 104 cm³/mol. The molecule has 1 saturated carbocycles. The van der Waals surface area contributed by atoms with E-state index in [4.69, 9.17) is 22.1 Å². The highest BCUT2D eigenvalue weighted by atomic mass is 35.5. The zero-order chi connectivity index (χ0) is 17.3. The number of ether oxygens (including phenoxy) is 1. The van der Waals surface area contributed by atoms with E-state index in [1.807, 2.05) is 23.1 Å². The van der Waals surface area contributed by atoms with Crippen LogP contribution in [0.15, 0.2) is 24.3 Å². The van der Waals surface area contributed by atoms with Gasteiger partial charge in [-0.15, -0.1) is 12.4 Å². The van der Waals surface area contributed by atoms with Crippen LogP contribution in [0, 0.1) is 5.92 Å². The van der Waals surface area contributed by atoms with Gasteiger partial charge in [0.1, 0.15) is 6.61 Å². The van der Waals surface area contributed by atoms with E-state index in [0.717, 1.165) is 30.7 Å². The minimum Gasteiger partial charge on any atom is -0.447 e. The van der Waals surface area contributed by atoms with Gasteiger partial charge in [0, 0.05) is 23.0 Å². The van der Waals surface area contributed by atoms with E-state index in [1.54, 1.807) is 0 Å². The third-order valence-corrected chi connectivity index (χ3v) is 6.08. The van der Waals surface area contributed by atoms with Gasteiger partial charge in [-0.3, -0.25) is 4.90 Å². The normalized spacial score (nSPS) is 29.5. The number of benzene rings is 1. The number of carbonyl (C=O) groups excluding carboxylic acids is 1. The molecule has 0 bridgehead atoms. The Kier molecular flexibility index (Phi) is 6.63. The van der Waals surface area contributed by atoms with E-state index in [1.165, 1.54) is 5.56 Å². The first-order valence-corrected chi connectivity index (χ1v) is 9.26. The smallest absolute Gasteiger partial charge is 0.410 e. The number of amides is 1. The standard InChI is InChI=1S/C19H27ClN2O2.ClH/c1-13(2)17-11-24-18(23)22(17)16-6-8-19(12-21,9-7-16)14-4-3-5-15(20)10-14;/h3-5,10,13,16-17H,6-9,11-12,21H2,1-2H3;1H. The molecule has 1 aromatic rings. The lowest BCUT2D eigenvalue weighted by Crippen LogP contribution is -2.49. The lowest BCUT2D eigenvalue weighted by molar-refractivity contribution is 0.108. The van der Waals surface area contributed by atoms with Crippen molar-refractivity contribution in [1.82, 2.24) is 4.90 Å². The van der Waals surface area contributed by atoms with Gasteiger partial charge >= 0.3 is 6.09 Å². The summed E-state index contributed by atoms with van der Waals surface area (Å²) in [4.78, 5) is 14.2. The van der Waals surface area contributed by atoms with E-state index in [0.29, 0.717) is 19.1 Å². The van der Waals surface area contributed by atoms with E-state index in [9.17, 15) is 4.79 Å². The Balaban J connectivity index is 0.00000225. The maximum Gasteiger partial charge on any atom is 0.410 e. The second-order valence-corrected chi connectivity index (χ2v) is 7.96. The zero-order valence-electron chi connectivity index (χ0n) is 14.9. The molecule has 2 N–H and O–H groups in total. The molecule has 2 fully saturated rings. The minimum atomic E-state index is -0.151. The van der Waals surface area contributed by atoms with Gasteiger partial charge in [0.2, 0.25) is 0 Å². The predicted octanol–water partition coefficient (Wildman–Crippen LogP) is 4.38. The molecule has 1 atom stereocenters. The fraction of sp³-hybridized carbons (Fsp3) is 0.632. The van der Waals surface area contributed by atoms with Crippen LogP contribution in [0.3, 0.4) is 0 Å². The average molecular weight is 387 g/mol. The molecule has 1 aliphatic heterocycles. The third-order valence-electron chi connectivity index (χ3n) is 5.85. The molecular weight excluding hydrogens is 359 g/mol. The number of rotatable bonds is 4. The molecule has 2 aliphatic rings. The van der Waals surface area contributed by atoms with Crippen molar-refractivity contribution in [2.45, 2.75) is 57.0 Å². The topological polar surface area (TPSA) is 55.6 Å². The molecular formula is C19H28Cl2N2O2. The van der Waals surface area contributed by atoms with Crippen LogP contribution in [-0.2, 0) is 10.2 Å². The maximum atomic E-state index is 12.2. The first-order valence-electron chi connectivity index (χ1n) is 8.88. The van der Waals surface area contributed by atoms with Gasteiger partial charge in [0.15, 0.2) is 0 Å². The summed E-state index contributed by atoms with van der Waals surface area (Å²) in [6.07, 6.45) is 3.72. The van der Waals surface area contributed by atoms with E-state index >= 15 is 0 Å². The summed E-state index contributed by atoms with van der Waals surface area (Å²) in [6.45, 7) is 5.43. The summed E-state index contributed by atoms with van der Waals surface area (Å²) in [5.41, 5.74) is 7.37. The highest BCUT2D eigenvalue weighted by molar-refractivity contribution is 6.30. The van der Waals surface area contributed by atoms with Gasteiger partial charge in [0.25, 0.3) is 0 Å². The Morgan fingerprint density at radius 1 is 1.36 bits per heavy atom. The van der Waals surface area contributed by atoms with E-state index in [2.05, 4.69) is 19.9 Å². The molecule has 0 spiro atoms. The van der Waals surface area contributed by atoms with Crippen molar-refractivity contribution in [3.63, 3.8) is 0 Å². The van der Waals surface area contributed by atoms with Gasteiger partial charge in [-0.25, -0.2) is 4.79 Å². The molecule has 1 saturated heterocycles. The third kappa shape index (κ3) is 3.91. The summed E-state index contributed by atoms with van der Waals surface area (Å²) in [5.74, 6) is 0.408. The van der Waals surface area contributed by atoms with Crippen molar-refractivity contribution in [3.05, 3.63) is 34.9 Å². The Labute approximate surface area is 161 Å². The SMILES string of the molecule is CC(C)C1COC(=O)N1C1CCC(CN)(c2cccc(Cl)c2)CC1.Cl. The van der Waals surface area contributed by atoms with Crippen LogP contribution in [0.2, 0.25) is 5.02 Å². The molecule has 1 aromatic carbocycles. The summed E-state index contributed by atoms with van der Waals surface area (Å²) in [6, 6.07) is 8.50. The molecule has 1 amide bonds. The van der Waals surface area contributed by atoms with Crippen molar-refractivity contribution < 1.29 is 9.53 Å². The van der Waals surface area contributed by atoms with Gasteiger partial charge in [-0.05, 0) is 49.3 Å². The Morgan fingerprint density at radius 2 is 2.04 bits per heavy atom. The van der Waals surface area contributed by atoms with Crippen molar-refractivity contribution in [2.75, 3.05) is 13.2 Å². The quantitative estimate of drug-likeness (QED) is 0.834. The minimum absolute atomic E-state index is 0. The molecule has 0 radical (unpaired) electrons. The monoisotopic (exact) mass is 386 g/mol. The van der Waals surface area contributed by atoms with Gasteiger partial charge in [0.05, 0.1) is 6.04 Å². The number of carbonyl (C=O) groups is 1. The number of hydrogen-bond acceptors (Lipinski definition) is 3. The Hall–Kier alpha value is -0.970. The van der Waals surface area contributed by atoms with Crippen LogP contribution in [0.5, 0.6) is 0 Å². The first kappa shape index (κ1) is 20.3. The van der Waals surface area contributed by atoms with Crippen LogP contribution in [0.25, 0.3) is 0 Å². The largest absolute Gasteiger partial charge is 0.447 e. The van der Waals surface area contributed by atoms with Crippen LogP contribution in [0.1, 0.15) is 45.1 Å². The highest BCUT2D eigenvalue weighted by Gasteiger charge is 2.44. The van der Waals surface area contributed by atoms with Gasteiger partial charge in [-0.2, -0.15) is 0 Å². The number of halogens is 2. The number of cyclic esters (lactones) is 1. The molecule has 6 heteroatoms. The number of nitrogens with two attached hydrogens (primary N) is 1. The second-order valence-electron chi connectivity index (χ2n) is 7.52. The van der Waals surface area contributed by atoms with Crippen molar-refractivity contribution in [2.24, 2.45) is 11.7 Å². The van der Waals surface area contributed by atoms with Crippen molar-refractivity contribution >= 4 is 30.1 Å². The molecule has 0 aromatic heterocycles. The Bertz CT molecular complexity index is 601. The van der Waals surface area contributed by atoms with Gasteiger partial charge < -0.3 is 10.5 Å². The lowest BCUT2D eigenvalue weighted by atomic mass is 9.68. The lowest BCUT2D eigenvalue weighted by Gasteiger charge is -2.43. The first-order chi connectivity index (χ1) is 11.5. The molecule has 4 nitrogen and oxygen atoms in total. The van der Waals surface area contributed by atoms with Crippen molar-refractivity contribution in [3.8, 4) is 0 Å². The molecule has 3 rings (SSSR count). The summed E-state index contributed by atoms with van der Waals surface area (Å²) in [5, 5.41) is 0.755. The second kappa shape index (κ2) is 8.15.